The van der Waals surface area contributed by atoms with Gasteiger partial charge in [-0.1, -0.05) is 0 Å². The van der Waals surface area contributed by atoms with E-state index in [0.717, 1.165) is 42.2 Å². The molecule has 2 unspecified atom stereocenters. The molecule has 1 aromatic heterocycles. The van der Waals surface area contributed by atoms with Crippen LogP contribution < -0.4 is 0 Å². The Bertz CT molecular complexity index is 1340. The van der Waals surface area contributed by atoms with Gasteiger partial charge in [-0.3, -0.25) is 0 Å². The zero-order valence-corrected chi connectivity index (χ0v) is 20.2. The summed E-state index contributed by atoms with van der Waals surface area (Å²) < 4.78 is 4.91. The average molecular weight is 479 g/mol. The molecule has 0 saturated carbocycles. The summed E-state index contributed by atoms with van der Waals surface area (Å²) in [5, 5.41) is 0.718. The fraction of sp³-hybridized carbons (Fsp3) is 0.259. The van der Waals surface area contributed by atoms with Gasteiger partial charge >= 0.3 is 203 Å². The van der Waals surface area contributed by atoms with Crippen molar-refractivity contribution in [3.63, 3.8) is 0 Å². The van der Waals surface area contributed by atoms with Gasteiger partial charge in [-0.05, 0) is 0 Å². The zero-order valence-electron chi connectivity index (χ0n) is 18.6. The summed E-state index contributed by atoms with van der Waals surface area (Å²) in [4.78, 5) is 15.9. The van der Waals surface area contributed by atoms with Crippen LogP contribution >= 0.6 is 23.1 Å². The number of fused-ring (bicyclic) bond motifs is 2. The SMILES string of the molecule is [C-]#[N+]c1cccc(-c2cc3c(s2)CCC(Cc2ccccc2)C32CCSC(N=BOC#C)=N2)c1. The molecule has 2 aliphatic rings. The zero-order chi connectivity index (χ0) is 23.4. The molecule has 7 heteroatoms. The first kappa shape index (κ1) is 22.7. The molecule has 0 amide bonds. The van der Waals surface area contributed by atoms with Gasteiger partial charge in [0.2, 0.25) is 0 Å². The van der Waals surface area contributed by atoms with E-state index in [-0.39, 0.29) is 5.54 Å². The summed E-state index contributed by atoms with van der Waals surface area (Å²) in [5.41, 5.74) is 4.09. The van der Waals surface area contributed by atoms with Gasteiger partial charge in [-0.2, -0.15) is 0 Å². The topological polar surface area (TPSA) is 38.3 Å². The average Bonchev–Trinajstić information content (AvgIpc) is 3.33. The molecule has 2 heterocycles. The van der Waals surface area contributed by atoms with E-state index >= 15 is 0 Å². The Balaban J connectivity index is 1.60. The summed E-state index contributed by atoms with van der Waals surface area (Å²) in [5.74, 6) is 1.31. The molecule has 2 atom stereocenters. The molecule has 3 aromatic rings. The van der Waals surface area contributed by atoms with E-state index in [9.17, 15) is 0 Å². The number of aliphatic imine (C=N–C) groups is 1. The number of thioether (sulfide) groups is 1. The van der Waals surface area contributed by atoms with Crippen LogP contribution in [0.5, 0.6) is 0 Å². The second-order valence-electron chi connectivity index (χ2n) is 8.42. The van der Waals surface area contributed by atoms with Gasteiger partial charge in [-0.25, -0.2) is 0 Å². The van der Waals surface area contributed by atoms with E-state index in [2.05, 4.69) is 58.3 Å². The third-order valence-electron chi connectivity index (χ3n) is 6.55. The Morgan fingerprint density at radius 1 is 1.24 bits per heavy atom. The standard InChI is InChI=1S/C27H22BN3OS2/c1-3-32-28-31-26-30-27(14-15-33-26)21(16-19-8-5-4-6-9-19)12-13-24-23(27)18-25(34-24)20-10-7-11-22(17-20)29-2/h1,4-11,17-18,21H,12-16H2. The summed E-state index contributed by atoms with van der Waals surface area (Å²) in [7, 11) is 1.30. The number of nitrogens with zero attached hydrogens (tertiary/aromatic N) is 3. The molecule has 0 saturated heterocycles. The van der Waals surface area contributed by atoms with Crippen molar-refractivity contribution in [1.82, 2.24) is 0 Å². The maximum atomic E-state index is 7.39. The minimum atomic E-state index is -0.330. The van der Waals surface area contributed by atoms with E-state index in [1.807, 2.05) is 29.5 Å². The van der Waals surface area contributed by atoms with Gasteiger partial charge < -0.3 is 6.57 Å². The van der Waals surface area contributed by atoms with Crippen molar-refractivity contribution in [2.45, 2.75) is 31.2 Å². The summed E-state index contributed by atoms with van der Waals surface area (Å²) in [6.45, 7) is 7.39. The van der Waals surface area contributed by atoms with E-state index in [1.54, 1.807) is 11.8 Å². The number of thiophene rings is 1. The van der Waals surface area contributed by atoms with Gasteiger partial charge in [-0.15, -0.1) is 0 Å². The molecule has 0 bridgehead atoms. The predicted octanol–water partition coefficient (Wildman–Crippen LogP) is 6.87. The van der Waals surface area contributed by atoms with E-state index in [0.29, 0.717) is 11.6 Å². The molecule has 0 radical (unpaired) electrons. The number of amidine groups is 1. The Hall–Kier alpha value is -3.13. The van der Waals surface area contributed by atoms with Crippen molar-refractivity contribution >= 4 is 41.2 Å². The molecule has 2 aromatic carbocycles. The molecule has 0 N–H and O–H groups in total. The molecule has 34 heavy (non-hydrogen) atoms. The van der Waals surface area contributed by atoms with E-state index in [1.165, 1.54) is 28.2 Å². The predicted molar refractivity (Wildman–Crippen MR) is 142 cm³/mol. The first-order chi connectivity index (χ1) is 16.7. The van der Waals surface area contributed by atoms with Gasteiger partial charge in [0, 0.05) is 0 Å². The van der Waals surface area contributed by atoms with E-state index < -0.39 is 0 Å². The minimum absolute atomic E-state index is 0.330. The van der Waals surface area contributed by atoms with Crippen LogP contribution in [0.4, 0.5) is 5.69 Å². The number of hydrogen-bond acceptors (Lipinski definition) is 5. The first-order valence-corrected chi connectivity index (χ1v) is 13.0. The molecule has 1 aliphatic carbocycles. The van der Waals surface area contributed by atoms with Crippen molar-refractivity contribution < 1.29 is 4.65 Å². The molecule has 0 fully saturated rings. The summed E-state index contributed by atoms with van der Waals surface area (Å²) >= 11 is 3.48. The summed E-state index contributed by atoms with van der Waals surface area (Å²) in [6, 6.07) is 20.9. The quantitative estimate of drug-likeness (QED) is 0.233. The molecule has 166 valence electrons. The molecule has 1 spiro atoms. The maximum absolute atomic E-state index is 7.39. The third-order valence-corrected chi connectivity index (χ3v) is 8.66. The first-order valence-electron chi connectivity index (χ1n) is 11.2. The van der Waals surface area contributed by atoms with E-state index in [4.69, 9.17) is 22.6 Å². The second kappa shape index (κ2) is 10.0. The van der Waals surface area contributed by atoms with Crippen LogP contribution in [0.1, 0.15) is 28.8 Å². The number of rotatable bonds is 4. The van der Waals surface area contributed by atoms with Crippen LogP contribution in [0.3, 0.4) is 0 Å². The van der Waals surface area contributed by atoms with Gasteiger partial charge in [0.05, 0.1) is 0 Å². The normalized spacial score (nSPS) is 21.2. The third kappa shape index (κ3) is 4.47. The van der Waals surface area contributed by atoms with Gasteiger partial charge in [0.1, 0.15) is 0 Å². The van der Waals surface area contributed by atoms with Crippen LogP contribution in [0.25, 0.3) is 15.3 Å². The Morgan fingerprint density at radius 2 is 2.12 bits per heavy atom. The van der Waals surface area contributed by atoms with Gasteiger partial charge in [0.25, 0.3) is 0 Å². The Kier molecular flexibility index (Phi) is 6.67. The van der Waals surface area contributed by atoms with Crippen molar-refractivity contribution in [3.05, 3.63) is 88.1 Å². The van der Waals surface area contributed by atoms with Gasteiger partial charge in [0.15, 0.2) is 0 Å². The number of terminal acetylenes is 1. The number of benzene rings is 2. The molecule has 1 aliphatic heterocycles. The van der Waals surface area contributed by atoms with Crippen LogP contribution in [-0.4, -0.2) is 18.2 Å². The fourth-order valence-corrected chi connectivity index (χ4v) is 7.19. The fourth-order valence-electron chi connectivity index (χ4n) is 5.00. The monoisotopic (exact) mass is 479 g/mol. The van der Waals surface area contributed by atoms with Crippen molar-refractivity contribution in [1.29, 1.82) is 0 Å². The van der Waals surface area contributed by atoms with Crippen molar-refractivity contribution in [3.8, 4) is 23.0 Å². The Labute approximate surface area is 209 Å². The molecule has 4 nitrogen and oxygen atoms in total. The number of hydrogen-bond donors (Lipinski definition) is 0. The molecular weight excluding hydrogens is 457 g/mol. The van der Waals surface area contributed by atoms with Crippen LogP contribution in [0, 0.1) is 25.0 Å². The second-order valence-corrected chi connectivity index (χ2v) is 10.6. The van der Waals surface area contributed by atoms with Crippen molar-refractivity contribution in [2.24, 2.45) is 15.8 Å². The van der Waals surface area contributed by atoms with Crippen LogP contribution in [-0.2, 0) is 23.0 Å². The molecular formula is C27H22BN3OS2. The molecule has 5 rings (SSSR count). The van der Waals surface area contributed by atoms with Crippen LogP contribution in [0.2, 0.25) is 0 Å². The summed E-state index contributed by atoms with van der Waals surface area (Å²) in [6.07, 6.45) is 11.4. The Morgan fingerprint density at radius 3 is 2.94 bits per heavy atom. The number of aryl methyl sites for hydroxylation is 1. The van der Waals surface area contributed by atoms with Crippen LogP contribution in [0.15, 0.2) is 70.6 Å². The van der Waals surface area contributed by atoms with Crippen molar-refractivity contribution in [2.75, 3.05) is 5.75 Å².